The Morgan fingerprint density at radius 2 is 1.70 bits per heavy atom. The largest absolute Gasteiger partial charge is 0.242 e. The van der Waals surface area contributed by atoms with E-state index in [0.29, 0.717) is 0 Å². The van der Waals surface area contributed by atoms with Gasteiger partial charge < -0.3 is 0 Å². The van der Waals surface area contributed by atoms with Gasteiger partial charge in [0.25, 0.3) is 0 Å². The molecule has 0 aliphatic carbocycles. The topological polar surface area (TPSA) is 80.3 Å². The first-order valence-corrected chi connectivity index (χ1v) is 12.4. The Hall–Kier alpha value is -1.71. The summed E-state index contributed by atoms with van der Waals surface area (Å²) in [4.78, 5) is 1.93. The van der Waals surface area contributed by atoms with Crippen molar-refractivity contribution in [1.82, 2.24) is 4.72 Å². The van der Waals surface area contributed by atoms with Crippen molar-refractivity contribution >= 4 is 42.8 Å². The summed E-state index contributed by atoms with van der Waals surface area (Å²) in [6.45, 7) is 0.115. The standard InChI is InChI=1S/C18H16ClNO4S3/c1-26(21,22)15-6-4-5-13(11-15)17-10-9-14(25-17)12-20-27(23,24)18-8-3-2-7-16(18)19/h2-11,20H,12H2,1H3. The fourth-order valence-electron chi connectivity index (χ4n) is 2.41. The first kappa shape index (κ1) is 20.0. The summed E-state index contributed by atoms with van der Waals surface area (Å²) in [5.41, 5.74) is 0.767. The Kier molecular flexibility index (Phi) is 5.73. The van der Waals surface area contributed by atoms with E-state index >= 15 is 0 Å². The molecule has 0 aliphatic rings. The second-order valence-corrected chi connectivity index (χ2v) is 11.1. The molecular weight excluding hydrogens is 426 g/mol. The number of hydrogen-bond acceptors (Lipinski definition) is 5. The number of nitrogens with one attached hydrogen (secondary N) is 1. The van der Waals surface area contributed by atoms with Crippen LogP contribution in [-0.4, -0.2) is 23.1 Å². The molecule has 0 radical (unpaired) electrons. The molecule has 1 heterocycles. The summed E-state index contributed by atoms with van der Waals surface area (Å²) < 4.78 is 50.8. The van der Waals surface area contributed by atoms with Crippen molar-refractivity contribution in [3.05, 3.63) is 70.6 Å². The van der Waals surface area contributed by atoms with Crippen LogP contribution in [0.25, 0.3) is 10.4 Å². The second kappa shape index (κ2) is 7.73. The van der Waals surface area contributed by atoms with Crippen molar-refractivity contribution in [2.24, 2.45) is 0 Å². The fourth-order valence-corrected chi connectivity index (χ4v) is 5.64. The lowest BCUT2D eigenvalue weighted by molar-refractivity contribution is 0.581. The fraction of sp³-hybridized carbons (Fsp3) is 0.111. The number of sulfonamides is 1. The zero-order chi connectivity index (χ0) is 19.7. The van der Waals surface area contributed by atoms with E-state index in [1.165, 1.54) is 23.5 Å². The van der Waals surface area contributed by atoms with Crippen LogP contribution in [-0.2, 0) is 26.4 Å². The number of thiophene rings is 1. The quantitative estimate of drug-likeness (QED) is 0.628. The number of benzene rings is 2. The van der Waals surface area contributed by atoms with Crippen molar-refractivity contribution in [3.8, 4) is 10.4 Å². The van der Waals surface area contributed by atoms with Gasteiger partial charge in [0.15, 0.2) is 9.84 Å². The summed E-state index contributed by atoms with van der Waals surface area (Å²) in [5.74, 6) is 0. The Bertz CT molecular complexity index is 1180. The van der Waals surface area contributed by atoms with E-state index in [0.717, 1.165) is 21.6 Å². The van der Waals surface area contributed by atoms with Gasteiger partial charge in [-0.25, -0.2) is 21.6 Å². The Morgan fingerprint density at radius 1 is 0.963 bits per heavy atom. The van der Waals surface area contributed by atoms with Crippen LogP contribution in [0.15, 0.2) is 70.5 Å². The predicted molar refractivity (Wildman–Crippen MR) is 108 cm³/mol. The van der Waals surface area contributed by atoms with E-state index in [9.17, 15) is 16.8 Å². The molecule has 0 atom stereocenters. The third-order valence-electron chi connectivity index (χ3n) is 3.77. The van der Waals surface area contributed by atoms with Gasteiger partial charge in [-0.3, -0.25) is 0 Å². The second-order valence-electron chi connectivity index (χ2n) is 5.82. The van der Waals surface area contributed by atoms with Crippen LogP contribution in [0.3, 0.4) is 0 Å². The van der Waals surface area contributed by atoms with E-state index in [1.807, 2.05) is 18.2 Å². The molecular formula is C18H16ClNO4S3. The Labute approximate surface area is 167 Å². The van der Waals surface area contributed by atoms with Crippen LogP contribution in [0.5, 0.6) is 0 Å². The Balaban J connectivity index is 1.79. The zero-order valence-corrected chi connectivity index (χ0v) is 17.4. The van der Waals surface area contributed by atoms with Crippen LogP contribution >= 0.6 is 22.9 Å². The van der Waals surface area contributed by atoms with Gasteiger partial charge >= 0.3 is 0 Å². The Morgan fingerprint density at radius 3 is 2.41 bits per heavy atom. The average Bonchev–Trinajstić information content (AvgIpc) is 3.09. The minimum absolute atomic E-state index is 0.0318. The van der Waals surface area contributed by atoms with Crippen molar-refractivity contribution in [1.29, 1.82) is 0 Å². The van der Waals surface area contributed by atoms with Crippen molar-refractivity contribution in [3.63, 3.8) is 0 Å². The molecule has 0 bridgehead atoms. The smallest absolute Gasteiger partial charge is 0.224 e. The maximum atomic E-state index is 12.4. The number of halogens is 1. The van der Waals surface area contributed by atoms with Gasteiger partial charge in [0, 0.05) is 22.6 Å². The highest BCUT2D eigenvalue weighted by Gasteiger charge is 2.17. The van der Waals surface area contributed by atoms with Gasteiger partial charge in [-0.15, -0.1) is 11.3 Å². The summed E-state index contributed by atoms with van der Waals surface area (Å²) >= 11 is 7.35. The lowest BCUT2D eigenvalue weighted by Crippen LogP contribution is -2.23. The molecule has 142 valence electrons. The monoisotopic (exact) mass is 441 g/mol. The molecule has 9 heteroatoms. The molecule has 0 saturated carbocycles. The number of rotatable bonds is 6. The maximum absolute atomic E-state index is 12.4. The minimum Gasteiger partial charge on any atom is -0.224 e. The molecule has 3 rings (SSSR count). The highest BCUT2D eigenvalue weighted by Crippen LogP contribution is 2.30. The van der Waals surface area contributed by atoms with Gasteiger partial charge in [0.1, 0.15) is 4.90 Å². The van der Waals surface area contributed by atoms with E-state index in [-0.39, 0.29) is 21.4 Å². The van der Waals surface area contributed by atoms with Crippen molar-refractivity contribution < 1.29 is 16.8 Å². The highest BCUT2D eigenvalue weighted by molar-refractivity contribution is 7.90. The molecule has 0 saturated heterocycles. The summed E-state index contributed by atoms with van der Waals surface area (Å²) in [5, 5.41) is 0.162. The third-order valence-corrected chi connectivity index (χ3v) is 7.92. The van der Waals surface area contributed by atoms with Crippen LogP contribution < -0.4 is 4.72 Å². The maximum Gasteiger partial charge on any atom is 0.242 e. The molecule has 1 N–H and O–H groups in total. The molecule has 1 aromatic heterocycles. The van der Waals surface area contributed by atoms with Gasteiger partial charge in [0.05, 0.1) is 9.92 Å². The van der Waals surface area contributed by atoms with Crippen molar-refractivity contribution in [2.45, 2.75) is 16.3 Å². The summed E-state index contributed by atoms with van der Waals surface area (Å²) in [7, 11) is -7.02. The van der Waals surface area contributed by atoms with Gasteiger partial charge in [-0.2, -0.15) is 0 Å². The normalized spacial score (nSPS) is 12.2. The zero-order valence-electron chi connectivity index (χ0n) is 14.2. The molecule has 0 aliphatic heterocycles. The van der Waals surface area contributed by atoms with Gasteiger partial charge in [-0.1, -0.05) is 35.9 Å². The molecule has 3 aromatic rings. The number of hydrogen-bond donors (Lipinski definition) is 1. The van der Waals surface area contributed by atoms with E-state index in [4.69, 9.17) is 11.6 Å². The lowest BCUT2D eigenvalue weighted by Gasteiger charge is -2.07. The molecule has 0 fully saturated rings. The van der Waals surface area contributed by atoms with Crippen LogP contribution in [0.2, 0.25) is 5.02 Å². The average molecular weight is 442 g/mol. The molecule has 0 unspecified atom stereocenters. The van der Waals surface area contributed by atoms with Gasteiger partial charge in [0.2, 0.25) is 10.0 Å². The summed E-state index contributed by atoms with van der Waals surface area (Å²) in [6, 6.07) is 16.5. The van der Waals surface area contributed by atoms with Crippen LogP contribution in [0.1, 0.15) is 4.88 Å². The molecule has 27 heavy (non-hydrogen) atoms. The van der Waals surface area contributed by atoms with E-state index in [2.05, 4.69) is 4.72 Å². The summed E-state index contributed by atoms with van der Waals surface area (Å²) in [6.07, 6.45) is 1.16. The lowest BCUT2D eigenvalue weighted by atomic mass is 10.2. The SMILES string of the molecule is CS(=O)(=O)c1cccc(-c2ccc(CNS(=O)(=O)c3ccccc3Cl)s2)c1. The van der Waals surface area contributed by atoms with E-state index < -0.39 is 19.9 Å². The number of sulfone groups is 1. The molecule has 5 nitrogen and oxygen atoms in total. The van der Waals surface area contributed by atoms with Crippen LogP contribution in [0.4, 0.5) is 0 Å². The van der Waals surface area contributed by atoms with E-state index in [1.54, 1.807) is 30.3 Å². The third kappa shape index (κ3) is 4.77. The minimum atomic E-state index is -3.73. The molecule has 0 spiro atoms. The molecule has 0 amide bonds. The molecule has 2 aromatic carbocycles. The van der Waals surface area contributed by atoms with Gasteiger partial charge in [-0.05, 0) is 42.0 Å². The predicted octanol–water partition coefficient (Wildman–Crippen LogP) is 3.95. The first-order chi connectivity index (χ1) is 12.7. The highest BCUT2D eigenvalue weighted by atomic mass is 35.5. The van der Waals surface area contributed by atoms with Crippen molar-refractivity contribution in [2.75, 3.05) is 6.26 Å². The first-order valence-electron chi connectivity index (χ1n) is 7.80. The van der Waals surface area contributed by atoms with Crippen LogP contribution in [0, 0.1) is 0 Å².